The zero-order valence-electron chi connectivity index (χ0n) is 19.0. The van der Waals surface area contributed by atoms with Gasteiger partial charge in [-0.25, -0.2) is 14.4 Å². The van der Waals surface area contributed by atoms with Gasteiger partial charge in [0, 0.05) is 39.9 Å². The maximum Gasteiger partial charge on any atom is 0.160 e. The summed E-state index contributed by atoms with van der Waals surface area (Å²) >= 11 is 0. The zero-order valence-corrected chi connectivity index (χ0v) is 19.0. The van der Waals surface area contributed by atoms with Crippen LogP contribution in [0.4, 0.5) is 4.39 Å². The lowest BCUT2D eigenvalue weighted by molar-refractivity contribution is -0.132. The van der Waals surface area contributed by atoms with E-state index in [9.17, 15) is 14.4 Å². The summed E-state index contributed by atoms with van der Waals surface area (Å²) in [6, 6.07) is 12.5. The third-order valence-corrected chi connectivity index (χ3v) is 7.52. The SMILES string of the molecule is Cc1cc(-c2nc(-c3ccc(F)cc3)c3c(n2)[C@]2(C)CC(C#N)C(=O)C(C)C2CC3)ccn1. The van der Waals surface area contributed by atoms with Crippen LogP contribution in [-0.4, -0.2) is 20.7 Å². The smallest absolute Gasteiger partial charge is 0.160 e. The highest BCUT2D eigenvalue weighted by Gasteiger charge is 2.53. The number of Topliss-reactive ketones (excluding diaryl/α,β-unsaturated/α-hetero) is 1. The molecule has 6 heteroatoms. The second kappa shape index (κ2) is 7.84. The average Bonchev–Trinajstić information content (AvgIpc) is 2.81. The van der Waals surface area contributed by atoms with Crippen LogP contribution < -0.4 is 0 Å². The van der Waals surface area contributed by atoms with Gasteiger partial charge in [-0.2, -0.15) is 5.26 Å². The number of benzene rings is 1. The number of nitriles is 1. The molecule has 5 rings (SSSR count). The van der Waals surface area contributed by atoms with Gasteiger partial charge in [-0.3, -0.25) is 9.78 Å². The Kier molecular flexibility index (Phi) is 5.08. The molecule has 0 saturated heterocycles. The lowest BCUT2D eigenvalue weighted by Crippen LogP contribution is -2.50. The van der Waals surface area contributed by atoms with Gasteiger partial charge >= 0.3 is 0 Å². The third kappa shape index (κ3) is 3.43. The number of hydrogen-bond acceptors (Lipinski definition) is 5. The van der Waals surface area contributed by atoms with Crippen molar-refractivity contribution >= 4 is 5.78 Å². The number of hydrogen-bond donors (Lipinski definition) is 0. The van der Waals surface area contributed by atoms with E-state index in [2.05, 4.69) is 18.0 Å². The summed E-state index contributed by atoms with van der Waals surface area (Å²) in [7, 11) is 0. The van der Waals surface area contributed by atoms with Gasteiger partial charge in [0.2, 0.25) is 0 Å². The van der Waals surface area contributed by atoms with Crippen molar-refractivity contribution in [3.05, 3.63) is 65.4 Å². The van der Waals surface area contributed by atoms with E-state index in [0.717, 1.165) is 46.6 Å². The van der Waals surface area contributed by atoms with Crippen molar-refractivity contribution in [2.24, 2.45) is 17.8 Å². The van der Waals surface area contributed by atoms with Gasteiger partial charge in [0.15, 0.2) is 11.6 Å². The van der Waals surface area contributed by atoms with Crippen LogP contribution in [0.1, 0.15) is 43.6 Å². The van der Waals surface area contributed by atoms with E-state index in [-0.39, 0.29) is 23.4 Å². The molecule has 1 aromatic carbocycles. The number of halogens is 1. The van der Waals surface area contributed by atoms with Gasteiger partial charge in [-0.15, -0.1) is 0 Å². The molecule has 3 aromatic rings. The quantitative estimate of drug-likeness (QED) is 0.546. The number of aryl methyl sites for hydroxylation is 1. The molecule has 0 N–H and O–H groups in total. The number of carbonyl (C=O) groups excluding carboxylic acids is 1. The van der Waals surface area contributed by atoms with Crippen molar-refractivity contribution in [2.75, 3.05) is 0 Å². The number of fused-ring (bicyclic) bond motifs is 3. The Bertz CT molecular complexity index is 1300. The van der Waals surface area contributed by atoms with Crippen LogP contribution in [0.5, 0.6) is 0 Å². The topological polar surface area (TPSA) is 79.5 Å². The van der Waals surface area contributed by atoms with E-state index in [1.807, 2.05) is 26.0 Å². The molecule has 0 spiro atoms. The first kappa shape index (κ1) is 21.4. The van der Waals surface area contributed by atoms with Crippen LogP contribution in [-0.2, 0) is 16.6 Å². The molecule has 2 aliphatic carbocycles. The monoisotopic (exact) mass is 440 g/mol. The summed E-state index contributed by atoms with van der Waals surface area (Å²) in [6.45, 7) is 6.02. The van der Waals surface area contributed by atoms with Crippen molar-refractivity contribution in [2.45, 2.75) is 45.4 Å². The molecule has 5 nitrogen and oxygen atoms in total. The van der Waals surface area contributed by atoms with Crippen LogP contribution in [0.2, 0.25) is 0 Å². The number of aromatic nitrogens is 3. The highest BCUT2D eigenvalue weighted by molar-refractivity contribution is 5.87. The van der Waals surface area contributed by atoms with E-state index in [4.69, 9.17) is 9.97 Å². The van der Waals surface area contributed by atoms with Gasteiger partial charge in [-0.05, 0) is 68.5 Å². The molecule has 2 aliphatic rings. The maximum atomic E-state index is 13.7. The van der Waals surface area contributed by atoms with Crippen molar-refractivity contribution in [3.8, 4) is 28.7 Å². The van der Waals surface area contributed by atoms with Crippen molar-refractivity contribution in [1.29, 1.82) is 5.26 Å². The average molecular weight is 441 g/mol. The molecule has 33 heavy (non-hydrogen) atoms. The molecule has 0 radical (unpaired) electrons. The molecule has 0 aliphatic heterocycles. The first-order valence-corrected chi connectivity index (χ1v) is 11.4. The summed E-state index contributed by atoms with van der Waals surface area (Å²) in [6.07, 6.45) is 3.77. The minimum absolute atomic E-state index is 0.0428. The van der Waals surface area contributed by atoms with Gasteiger partial charge in [0.05, 0.1) is 17.5 Å². The molecule has 3 unspecified atom stereocenters. The summed E-state index contributed by atoms with van der Waals surface area (Å²) in [4.78, 5) is 27.1. The Balaban J connectivity index is 1.76. The van der Waals surface area contributed by atoms with E-state index >= 15 is 0 Å². The zero-order chi connectivity index (χ0) is 23.3. The van der Waals surface area contributed by atoms with Crippen LogP contribution in [0.15, 0.2) is 42.6 Å². The molecule has 1 fully saturated rings. The molecule has 0 amide bonds. The predicted molar refractivity (Wildman–Crippen MR) is 122 cm³/mol. The Morgan fingerprint density at radius 3 is 2.61 bits per heavy atom. The number of ketones is 1. The number of nitrogens with zero attached hydrogens (tertiary/aromatic N) is 4. The van der Waals surface area contributed by atoms with E-state index in [0.29, 0.717) is 12.2 Å². The van der Waals surface area contributed by atoms with Crippen LogP contribution in [0, 0.1) is 41.8 Å². The summed E-state index contributed by atoms with van der Waals surface area (Å²) in [5, 5.41) is 9.71. The summed E-state index contributed by atoms with van der Waals surface area (Å²) in [5.41, 5.74) is 4.88. The molecule has 0 bridgehead atoms. The first-order valence-electron chi connectivity index (χ1n) is 11.4. The van der Waals surface area contributed by atoms with E-state index < -0.39 is 11.3 Å². The Morgan fingerprint density at radius 1 is 1.15 bits per heavy atom. The predicted octanol–water partition coefficient (Wildman–Crippen LogP) is 5.22. The van der Waals surface area contributed by atoms with E-state index in [1.165, 1.54) is 12.1 Å². The fourth-order valence-corrected chi connectivity index (χ4v) is 5.85. The number of carbonyl (C=O) groups is 1. The highest BCUT2D eigenvalue weighted by atomic mass is 19.1. The van der Waals surface area contributed by atoms with Gasteiger partial charge < -0.3 is 0 Å². The highest BCUT2D eigenvalue weighted by Crippen LogP contribution is 2.53. The molecule has 2 heterocycles. The minimum atomic E-state index is -0.636. The van der Waals surface area contributed by atoms with Crippen molar-refractivity contribution in [1.82, 2.24) is 15.0 Å². The minimum Gasteiger partial charge on any atom is -0.298 e. The Morgan fingerprint density at radius 2 is 1.91 bits per heavy atom. The standard InChI is InChI=1S/C27H25FN4O/c1-15-12-18(10-11-30-15)26-31-23(17-4-6-20(28)7-5-17)21-8-9-22-16(2)24(33)19(14-29)13-27(22,3)25(21)32-26/h4-7,10-12,16,19,22H,8-9,13H2,1-3H3/t16?,19?,22?,27-/m1/s1. The lowest BCUT2D eigenvalue weighted by atomic mass is 9.54. The lowest BCUT2D eigenvalue weighted by Gasteiger charge is -2.49. The van der Waals surface area contributed by atoms with E-state index in [1.54, 1.807) is 18.3 Å². The maximum absolute atomic E-state index is 13.7. The molecule has 1 saturated carbocycles. The van der Waals surface area contributed by atoms with Gasteiger partial charge in [-0.1, -0.05) is 13.8 Å². The largest absolute Gasteiger partial charge is 0.298 e. The van der Waals surface area contributed by atoms with Crippen molar-refractivity contribution in [3.63, 3.8) is 0 Å². The van der Waals surface area contributed by atoms with Crippen LogP contribution in [0.3, 0.4) is 0 Å². The second-order valence-electron chi connectivity index (χ2n) is 9.56. The fraction of sp³-hybridized carbons (Fsp3) is 0.370. The molecule has 4 atom stereocenters. The van der Waals surface area contributed by atoms with Crippen LogP contribution in [0.25, 0.3) is 22.6 Å². The van der Waals surface area contributed by atoms with Gasteiger partial charge in [0.25, 0.3) is 0 Å². The fourth-order valence-electron chi connectivity index (χ4n) is 5.85. The first-order chi connectivity index (χ1) is 15.8. The molecule has 166 valence electrons. The Hall–Kier alpha value is -3.46. The molecular formula is C27H25FN4O. The Labute approximate surface area is 192 Å². The number of rotatable bonds is 2. The van der Waals surface area contributed by atoms with Crippen LogP contribution >= 0.6 is 0 Å². The second-order valence-corrected chi connectivity index (χ2v) is 9.56. The summed E-state index contributed by atoms with van der Waals surface area (Å²) < 4.78 is 13.7. The third-order valence-electron chi connectivity index (χ3n) is 7.52. The normalized spacial score (nSPS) is 26.3. The van der Waals surface area contributed by atoms with Gasteiger partial charge in [0.1, 0.15) is 11.7 Å². The number of pyridine rings is 1. The van der Waals surface area contributed by atoms with Crippen molar-refractivity contribution < 1.29 is 9.18 Å². The molecule has 2 aromatic heterocycles. The molecular weight excluding hydrogens is 415 g/mol. The summed E-state index contributed by atoms with van der Waals surface area (Å²) in [5.74, 6) is -0.388.